The summed E-state index contributed by atoms with van der Waals surface area (Å²) in [5, 5.41) is 9.44. The molecule has 0 unspecified atom stereocenters. The van der Waals surface area contributed by atoms with Gasteiger partial charge >= 0.3 is 0 Å². The van der Waals surface area contributed by atoms with Gasteiger partial charge in [0, 0.05) is 24.2 Å². The molecule has 0 aliphatic heterocycles. The Morgan fingerprint density at radius 1 is 1.39 bits per heavy atom. The number of carbonyl (C=O) groups excluding carboxylic acids is 1. The fraction of sp³-hybridized carbons (Fsp3) is 0.438. The molecule has 2 aromatic rings. The maximum atomic E-state index is 12.5. The lowest BCUT2D eigenvalue weighted by molar-refractivity contribution is -0.128. The molecule has 1 aromatic heterocycles. The quantitative estimate of drug-likeness (QED) is 0.714. The van der Waals surface area contributed by atoms with Gasteiger partial charge in [-0.2, -0.15) is 0 Å². The predicted molar refractivity (Wildman–Crippen MR) is 93.7 cm³/mol. The zero-order chi connectivity index (χ0) is 16.8. The number of hydrogen-bond donors (Lipinski definition) is 0. The lowest BCUT2D eigenvalue weighted by Gasteiger charge is -2.21. The zero-order valence-electron chi connectivity index (χ0n) is 13.6. The predicted octanol–water partition coefficient (Wildman–Crippen LogP) is 3.65. The van der Waals surface area contributed by atoms with Gasteiger partial charge in [0.2, 0.25) is 5.91 Å². The highest BCUT2D eigenvalue weighted by Crippen LogP contribution is 2.21. The number of nitrogens with zero attached hydrogens (tertiary/aromatic N) is 4. The van der Waals surface area contributed by atoms with Gasteiger partial charge in [0.15, 0.2) is 5.16 Å². The van der Waals surface area contributed by atoms with Crippen LogP contribution in [0.3, 0.4) is 0 Å². The van der Waals surface area contributed by atoms with E-state index < -0.39 is 0 Å². The summed E-state index contributed by atoms with van der Waals surface area (Å²) < 4.78 is 1.96. The Morgan fingerprint density at radius 3 is 2.78 bits per heavy atom. The third kappa shape index (κ3) is 4.72. The van der Waals surface area contributed by atoms with Crippen molar-refractivity contribution in [3.8, 4) is 0 Å². The highest BCUT2D eigenvalue weighted by molar-refractivity contribution is 7.99. The molecular formula is C16H21ClN4OS. The van der Waals surface area contributed by atoms with Crippen LogP contribution in [0.5, 0.6) is 0 Å². The maximum Gasteiger partial charge on any atom is 0.233 e. The minimum absolute atomic E-state index is 0.0655. The summed E-state index contributed by atoms with van der Waals surface area (Å²) in [5.41, 5.74) is 0.958. The fourth-order valence-corrected chi connectivity index (χ4v) is 3.26. The molecule has 0 fully saturated rings. The second-order valence-corrected chi connectivity index (χ2v) is 6.75. The van der Waals surface area contributed by atoms with Crippen molar-refractivity contribution in [2.45, 2.75) is 38.5 Å². The topological polar surface area (TPSA) is 51.0 Å². The highest BCUT2D eigenvalue weighted by Gasteiger charge is 2.16. The number of carbonyl (C=O) groups is 1. The average molecular weight is 353 g/mol. The molecule has 1 heterocycles. The lowest BCUT2D eigenvalue weighted by Crippen LogP contribution is -2.32. The van der Waals surface area contributed by atoms with Crippen LogP contribution in [0.25, 0.3) is 0 Å². The minimum Gasteiger partial charge on any atom is -0.338 e. The first-order valence-electron chi connectivity index (χ1n) is 7.56. The second kappa shape index (κ2) is 8.36. The molecule has 0 bridgehead atoms. The van der Waals surface area contributed by atoms with Crippen molar-refractivity contribution in [1.82, 2.24) is 19.7 Å². The van der Waals surface area contributed by atoms with Crippen LogP contribution in [0, 0.1) is 0 Å². The molecule has 23 heavy (non-hydrogen) atoms. The van der Waals surface area contributed by atoms with E-state index in [9.17, 15) is 4.79 Å². The van der Waals surface area contributed by atoms with Crippen molar-refractivity contribution < 1.29 is 4.79 Å². The molecule has 1 aromatic carbocycles. The van der Waals surface area contributed by atoms with Crippen molar-refractivity contribution in [3.05, 3.63) is 41.2 Å². The molecule has 0 aliphatic carbocycles. The summed E-state index contributed by atoms with van der Waals surface area (Å²) >= 11 is 7.59. The third-order valence-corrected chi connectivity index (χ3v) is 4.79. The van der Waals surface area contributed by atoms with Crippen LogP contribution in [0.15, 0.2) is 35.7 Å². The number of thioether (sulfide) groups is 1. The van der Waals surface area contributed by atoms with Gasteiger partial charge in [0.25, 0.3) is 0 Å². The molecule has 124 valence electrons. The fourth-order valence-electron chi connectivity index (χ4n) is 2.12. The minimum atomic E-state index is 0.0655. The van der Waals surface area contributed by atoms with Crippen molar-refractivity contribution in [1.29, 1.82) is 0 Å². The lowest BCUT2D eigenvalue weighted by atomic mass is 10.2. The Hall–Kier alpha value is -1.53. The zero-order valence-corrected chi connectivity index (χ0v) is 15.1. The molecule has 0 atom stereocenters. The molecule has 0 aliphatic rings. The average Bonchev–Trinajstić information content (AvgIpc) is 3.00. The van der Waals surface area contributed by atoms with E-state index in [0.717, 1.165) is 10.7 Å². The van der Waals surface area contributed by atoms with Crippen LogP contribution in [0.4, 0.5) is 0 Å². The van der Waals surface area contributed by atoms with E-state index in [1.165, 1.54) is 11.8 Å². The number of hydrogen-bond acceptors (Lipinski definition) is 4. The normalized spacial score (nSPS) is 11.0. The second-order valence-electron chi connectivity index (χ2n) is 5.40. The molecule has 0 N–H and O–H groups in total. The molecule has 0 radical (unpaired) electrons. The van der Waals surface area contributed by atoms with Crippen molar-refractivity contribution in [2.24, 2.45) is 0 Å². The van der Waals surface area contributed by atoms with E-state index in [1.54, 1.807) is 11.2 Å². The number of amides is 1. The molecule has 1 amide bonds. The Labute approximate surface area is 146 Å². The first kappa shape index (κ1) is 17.8. The molecular weight excluding hydrogens is 332 g/mol. The van der Waals surface area contributed by atoms with Gasteiger partial charge in [-0.05, 0) is 32.4 Å². The van der Waals surface area contributed by atoms with Crippen LogP contribution in [0.1, 0.15) is 32.4 Å². The summed E-state index contributed by atoms with van der Waals surface area (Å²) in [6.07, 6.45) is 1.69. The van der Waals surface area contributed by atoms with Gasteiger partial charge in [-0.1, -0.05) is 41.6 Å². The van der Waals surface area contributed by atoms with Crippen LogP contribution >= 0.6 is 23.4 Å². The highest BCUT2D eigenvalue weighted by atomic mass is 35.5. The number of halogens is 1. The van der Waals surface area contributed by atoms with Crippen LogP contribution in [-0.4, -0.2) is 37.9 Å². The first-order chi connectivity index (χ1) is 11.0. The van der Waals surface area contributed by atoms with Gasteiger partial charge in [0.1, 0.15) is 6.33 Å². The summed E-state index contributed by atoms with van der Waals surface area (Å²) in [4.78, 5) is 14.3. The summed E-state index contributed by atoms with van der Waals surface area (Å²) in [5.74, 6) is 0.402. The SMILES string of the molecule is CCN(Cc1ccccc1Cl)C(=O)CSc1nncn1C(C)C. The van der Waals surface area contributed by atoms with E-state index in [1.807, 2.05) is 35.8 Å². The van der Waals surface area contributed by atoms with Gasteiger partial charge in [0.05, 0.1) is 5.75 Å². The van der Waals surface area contributed by atoms with E-state index in [4.69, 9.17) is 11.6 Å². The van der Waals surface area contributed by atoms with Gasteiger partial charge < -0.3 is 9.47 Å². The Balaban J connectivity index is 1.98. The van der Waals surface area contributed by atoms with Crippen molar-refractivity contribution >= 4 is 29.3 Å². The molecule has 0 spiro atoms. The van der Waals surface area contributed by atoms with Gasteiger partial charge in [-0.15, -0.1) is 10.2 Å². The Bertz CT molecular complexity index is 659. The monoisotopic (exact) mass is 352 g/mol. The largest absolute Gasteiger partial charge is 0.338 e. The number of benzene rings is 1. The van der Waals surface area contributed by atoms with E-state index >= 15 is 0 Å². The van der Waals surface area contributed by atoms with Crippen LogP contribution in [0.2, 0.25) is 5.02 Å². The molecule has 5 nitrogen and oxygen atoms in total. The van der Waals surface area contributed by atoms with Gasteiger partial charge in [-0.3, -0.25) is 4.79 Å². The number of aromatic nitrogens is 3. The molecule has 0 saturated heterocycles. The molecule has 0 saturated carbocycles. The van der Waals surface area contributed by atoms with E-state index in [0.29, 0.717) is 23.9 Å². The standard InChI is InChI=1S/C16H21ClN4OS/c1-4-20(9-13-7-5-6-8-14(13)17)15(22)10-23-16-19-18-11-21(16)12(2)3/h5-8,11-12H,4,9-10H2,1-3H3. The molecule has 2 rings (SSSR count). The Kier molecular flexibility index (Phi) is 6.47. The van der Waals surface area contributed by atoms with E-state index in [-0.39, 0.29) is 11.9 Å². The smallest absolute Gasteiger partial charge is 0.233 e. The summed E-state index contributed by atoms with van der Waals surface area (Å²) in [6, 6.07) is 7.88. The third-order valence-electron chi connectivity index (χ3n) is 3.47. The summed E-state index contributed by atoms with van der Waals surface area (Å²) in [7, 11) is 0. The van der Waals surface area contributed by atoms with Gasteiger partial charge in [-0.25, -0.2) is 0 Å². The summed E-state index contributed by atoms with van der Waals surface area (Å²) in [6.45, 7) is 7.25. The Morgan fingerprint density at radius 2 is 2.13 bits per heavy atom. The van der Waals surface area contributed by atoms with Crippen LogP contribution < -0.4 is 0 Å². The number of rotatable bonds is 7. The first-order valence-corrected chi connectivity index (χ1v) is 8.92. The van der Waals surface area contributed by atoms with Crippen molar-refractivity contribution in [3.63, 3.8) is 0 Å². The van der Waals surface area contributed by atoms with Crippen LogP contribution in [-0.2, 0) is 11.3 Å². The van der Waals surface area contributed by atoms with Crippen molar-refractivity contribution in [2.75, 3.05) is 12.3 Å². The van der Waals surface area contributed by atoms with E-state index in [2.05, 4.69) is 24.0 Å². The maximum absolute atomic E-state index is 12.5. The molecule has 7 heteroatoms.